The van der Waals surface area contributed by atoms with Crippen LogP contribution in [0.1, 0.15) is 12.5 Å². The summed E-state index contributed by atoms with van der Waals surface area (Å²) in [7, 11) is 0. The quantitative estimate of drug-likeness (QED) is 0.455. The molecule has 16 heavy (non-hydrogen) atoms. The van der Waals surface area contributed by atoms with Crippen molar-refractivity contribution in [2.45, 2.75) is 13.8 Å². The van der Waals surface area contributed by atoms with Crippen LogP contribution in [0.25, 0.3) is 0 Å². The minimum Gasteiger partial charge on any atom is -0.485 e. The fourth-order valence-corrected chi connectivity index (χ4v) is 1.37. The molecule has 0 radical (unpaired) electrons. The number of hydrogen-bond donors (Lipinski definition) is 1. The van der Waals surface area contributed by atoms with Gasteiger partial charge in [-0.25, -0.2) is 0 Å². The third-order valence-electron chi connectivity index (χ3n) is 2.16. The first kappa shape index (κ1) is 12.4. The van der Waals surface area contributed by atoms with Gasteiger partial charge in [0.1, 0.15) is 6.61 Å². The molecular weight excluding hydrogens is 208 g/mol. The van der Waals surface area contributed by atoms with Crippen LogP contribution < -0.4 is 10.1 Å². The Morgan fingerprint density at radius 2 is 2.25 bits per heavy atom. The van der Waals surface area contributed by atoms with Crippen molar-refractivity contribution >= 4 is 5.69 Å². The maximum Gasteiger partial charge on any atom is 0.311 e. The Morgan fingerprint density at radius 3 is 2.88 bits per heavy atom. The summed E-state index contributed by atoms with van der Waals surface area (Å²) in [5.74, 6) is 0.366. The van der Waals surface area contributed by atoms with Crippen molar-refractivity contribution in [3.63, 3.8) is 0 Å². The minimum absolute atomic E-state index is 0.0245. The lowest BCUT2D eigenvalue weighted by Gasteiger charge is -2.09. The third-order valence-corrected chi connectivity index (χ3v) is 2.16. The van der Waals surface area contributed by atoms with E-state index in [4.69, 9.17) is 4.74 Å². The highest BCUT2D eigenvalue weighted by molar-refractivity contribution is 5.51. The molecule has 5 heteroatoms. The summed E-state index contributed by atoms with van der Waals surface area (Å²) in [6, 6.07) is 4.91. The standard InChI is InChI=1S/C11H16N2O3/c1-3-12-7-8-16-11-9(2)5-4-6-10(11)13(14)15/h4-6,12H,3,7-8H2,1-2H3. The molecule has 0 aliphatic rings. The second-order valence-corrected chi connectivity index (χ2v) is 3.38. The summed E-state index contributed by atoms with van der Waals surface area (Å²) >= 11 is 0. The molecule has 0 heterocycles. The van der Waals surface area contributed by atoms with Crippen molar-refractivity contribution in [3.05, 3.63) is 33.9 Å². The predicted molar refractivity (Wildman–Crippen MR) is 61.9 cm³/mol. The van der Waals surface area contributed by atoms with E-state index in [9.17, 15) is 10.1 Å². The van der Waals surface area contributed by atoms with Gasteiger partial charge >= 0.3 is 5.69 Å². The topological polar surface area (TPSA) is 64.4 Å². The molecule has 0 aliphatic carbocycles. The van der Waals surface area contributed by atoms with Crippen LogP contribution in [0.4, 0.5) is 5.69 Å². The average molecular weight is 224 g/mol. The van der Waals surface area contributed by atoms with E-state index < -0.39 is 4.92 Å². The summed E-state index contributed by atoms with van der Waals surface area (Å²) in [5, 5.41) is 13.9. The maximum absolute atomic E-state index is 10.8. The molecule has 0 aliphatic heterocycles. The van der Waals surface area contributed by atoms with Gasteiger partial charge in [-0.15, -0.1) is 0 Å². The number of nitrogens with zero attached hydrogens (tertiary/aromatic N) is 1. The normalized spacial score (nSPS) is 10.1. The Kier molecular flexibility index (Phi) is 4.72. The number of aryl methyl sites for hydroxylation is 1. The largest absolute Gasteiger partial charge is 0.485 e. The van der Waals surface area contributed by atoms with Gasteiger partial charge in [0.2, 0.25) is 0 Å². The summed E-state index contributed by atoms with van der Waals surface area (Å²) in [6.45, 7) is 5.77. The van der Waals surface area contributed by atoms with Crippen LogP contribution in [0.3, 0.4) is 0 Å². The monoisotopic (exact) mass is 224 g/mol. The lowest BCUT2D eigenvalue weighted by Crippen LogP contribution is -2.20. The predicted octanol–water partition coefficient (Wildman–Crippen LogP) is 1.89. The Labute approximate surface area is 94.6 Å². The van der Waals surface area contributed by atoms with Crippen LogP contribution in [-0.4, -0.2) is 24.6 Å². The molecule has 0 fully saturated rings. The van der Waals surface area contributed by atoms with E-state index in [1.807, 2.05) is 6.92 Å². The Morgan fingerprint density at radius 1 is 1.50 bits per heavy atom. The zero-order valence-corrected chi connectivity index (χ0v) is 9.53. The van der Waals surface area contributed by atoms with Crippen molar-refractivity contribution in [1.82, 2.24) is 5.32 Å². The molecule has 0 unspecified atom stereocenters. The van der Waals surface area contributed by atoms with Crippen molar-refractivity contribution in [3.8, 4) is 5.75 Å². The van der Waals surface area contributed by atoms with Crippen LogP contribution in [0.5, 0.6) is 5.75 Å². The first-order chi connectivity index (χ1) is 7.66. The number of nitro groups is 1. The van der Waals surface area contributed by atoms with Gasteiger partial charge in [0.15, 0.2) is 5.75 Å². The molecule has 0 atom stereocenters. The number of para-hydroxylation sites is 1. The molecule has 0 amide bonds. The number of likely N-dealkylation sites (N-methyl/N-ethyl adjacent to an activating group) is 1. The molecule has 1 rings (SSSR count). The van der Waals surface area contributed by atoms with Crippen LogP contribution in [-0.2, 0) is 0 Å². The molecule has 5 nitrogen and oxygen atoms in total. The van der Waals surface area contributed by atoms with Crippen molar-refractivity contribution in [1.29, 1.82) is 0 Å². The average Bonchev–Trinajstić information content (AvgIpc) is 2.25. The number of nitro benzene ring substituents is 1. The highest BCUT2D eigenvalue weighted by atomic mass is 16.6. The van der Waals surface area contributed by atoms with Crippen LogP contribution in [0, 0.1) is 17.0 Å². The van der Waals surface area contributed by atoms with Crippen LogP contribution in [0.2, 0.25) is 0 Å². The molecule has 1 N–H and O–H groups in total. The summed E-state index contributed by atoms with van der Waals surface area (Å²) in [6.07, 6.45) is 0. The van der Waals surface area contributed by atoms with Crippen molar-refractivity contribution in [2.24, 2.45) is 0 Å². The Hall–Kier alpha value is -1.62. The SMILES string of the molecule is CCNCCOc1c(C)cccc1[N+](=O)[O-]. The molecule has 1 aromatic carbocycles. The molecule has 0 saturated heterocycles. The van der Waals surface area contributed by atoms with E-state index in [-0.39, 0.29) is 5.69 Å². The van der Waals surface area contributed by atoms with Gasteiger partial charge in [-0.2, -0.15) is 0 Å². The van der Waals surface area contributed by atoms with Crippen LogP contribution >= 0.6 is 0 Å². The molecule has 88 valence electrons. The number of nitrogens with one attached hydrogen (secondary N) is 1. The van der Waals surface area contributed by atoms with Gasteiger partial charge in [-0.3, -0.25) is 10.1 Å². The van der Waals surface area contributed by atoms with E-state index in [0.717, 1.165) is 12.1 Å². The van der Waals surface area contributed by atoms with E-state index in [2.05, 4.69) is 5.32 Å². The molecule has 0 aromatic heterocycles. The fourth-order valence-electron chi connectivity index (χ4n) is 1.37. The smallest absolute Gasteiger partial charge is 0.311 e. The molecule has 1 aromatic rings. The summed E-state index contributed by atoms with van der Waals surface area (Å²) in [5.41, 5.74) is 0.808. The van der Waals surface area contributed by atoms with Gasteiger partial charge in [-0.05, 0) is 19.0 Å². The van der Waals surface area contributed by atoms with Crippen LogP contribution in [0.15, 0.2) is 18.2 Å². The number of rotatable bonds is 6. The molecule has 0 bridgehead atoms. The molecule has 0 saturated carbocycles. The van der Waals surface area contributed by atoms with Gasteiger partial charge in [0.25, 0.3) is 0 Å². The Balaban J connectivity index is 2.73. The second-order valence-electron chi connectivity index (χ2n) is 3.38. The second kappa shape index (κ2) is 6.07. The minimum atomic E-state index is -0.421. The van der Waals surface area contributed by atoms with E-state index in [1.54, 1.807) is 19.1 Å². The Bertz CT molecular complexity index is 366. The van der Waals surface area contributed by atoms with Gasteiger partial charge in [-0.1, -0.05) is 19.1 Å². The number of hydrogen-bond acceptors (Lipinski definition) is 4. The van der Waals surface area contributed by atoms with E-state index >= 15 is 0 Å². The first-order valence-electron chi connectivity index (χ1n) is 5.24. The van der Waals surface area contributed by atoms with Crippen molar-refractivity contribution in [2.75, 3.05) is 19.7 Å². The zero-order valence-electron chi connectivity index (χ0n) is 9.53. The zero-order chi connectivity index (χ0) is 12.0. The summed E-state index contributed by atoms with van der Waals surface area (Å²) < 4.78 is 5.43. The number of benzene rings is 1. The third kappa shape index (κ3) is 3.20. The molecular formula is C11H16N2O3. The van der Waals surface area contributed by atoms with Crippen molar-refractivity contribution < 1.29 is 9.66 Å². The first-order valence-corrected chi connectivity index (χ1v) is 5.24. The lowest BCUT2D eigenvalue weighted by atomic mass is 10.2. The number of ether oxygens (including phenoxy) is 1. The van der Waals surface area contributed by atoms with Gasteiger partial charge in [0, 0.05) is 12.6 Å². The highest BCUT2D eigenvalue weighted by Crippen LogP contribution is 2.29. The highest BCUT2D eigenvalue weighted by Gasteiger charge is 2.16. The fraction of sp³-hybridized carbons (Fsp3) is 0.455. The lowest BCUT2D eigenvalue weighted by molar-refractivity contribution is -0.385. The van der Waals surface area contributed by atoms with E-state index in [1.165, 1.54) is 6.07 Å². The summed E-state index contributed by atoms with van der Waals surface area (Å²) in [4.78, 5) is 10.4. The molecule has 0 spiro atoms. The van der Waals surface area contributed by atoms with Gasteiger partial charge in [0.05, 0.1) is 4.92 Å². The van der Waals surface area contributed by atoms with E-state index in [0.29, 0.717) is 18.9 Å². The maximum atomic E-state index is 10.8. The van der Waals surface area contributed by atoms with Gasteiger partial charge < -0.3 is 10.1 Å².